The normalized spacial score (nSPS) is 43.7. The van der Waals surface area contributed by atoms with E-state index >= 15 is 0 Å². The lowest BCUT2D eigenvalue weighted by atomic mass is 9.96. The maximum Gasteiger partial charge on any atom is 0.269 e. The Balaban J connectivity index is 1.42. The zero-order valence-corrected chi connectivity index (χ0v) is 22.3. The predicted molar refractivity (Wildman–Crippen MR) is 133 cm³/mol. The molecule has 3 aliphatic heterocycles. The number of non-ortho nitro benzene ring substituents is 1. The number of aliphatic hydroxyl groups excluding tert-OH is 10. The van der Waals surface area contributed by atoms with Gasteiger partial charge in [-0.1, -0.05) is 0 Å². The van der Waals surface area contributed by atoms with E-state index in [0.717, 1.165) is 12.1 Å². The second-order valence-electron chi connectivity index (χ2n) is 10.2. The van der Waals surface area contributed by atoms with Crippen molar-refractivity contribution in [1.29, 1.82) is 0 Å². The summed E-state index contributed by atoms with van der Waals surface area (Å²) in [4.78, 5) is 10.2. The molecule has 6 unspecified atom stereocenters. The van der Waals surface area contributed by atoms with Gasteiger partial charge < -0.3 is 79.5 Å². The molecule has 244 valence electrons. The SMILES string of the molecule is O=[N+]([O-])c1ccc(O[C@@H]2OC(CO)[C@@H](O[C@H]3OC(CO)[C@@H](O[C@H]4OC(CO)[C@@H](O)[C@H](O)C4O)[C@H](O)C3O)[C@H](O)C2O)cc1. The van der Waals surface area contributed by atoms with Crippen molar-refractivity contribution in [2.75, 3.05) is 19.8 Å². The van der Waals surface area contributed by atoms with Crippen LogP contribution in [0.3, 0.4) is 0 Å². The molecule has 0 spiro atoms. The highest BCUT2D eigenvalue weighted by Crippen LogP contribution is 2.33. The minimum Gasteiger partial charge on any atom is -0.462 e. The van der Waals surface area contributed by atoms with Crippen LogP contribution in [0.1, 0.15) is 0 Å². The minimum atomic E-state index is -1.96. The van der Waals surface area contributed by atoms with Crippen LogP contribution in [0.2, 0.25) is 0 Å². The predicted octanol–water partition coefficient (Wildman–Crippen LogP) is -5.58. The number of hydrogen-bond donors (Lipinski definition) is 10. The average Bonchev–Trinajstić information content (AvgIpc) is 3.00. The van der Waals surface area contributed by atoms with E-state index in [0.29, 0.717) is 0 Å². The number of ether oxygens (including phenoxy) is 6. The summed E-state index contributed by atoms with van der Waals surface area (Å²) in [7, 11) is 0. The van der Waals surface area contributed by atoms with E-state index in [-0.39, 0.29) is 11.4 Å². The monoisotopic (exact) mass is 625 g/mol. The van der Waals surface area contributed by atoms with E-state index < -0.39 is 117 Å². The van der Waals surface area contributed by atoms with Gasteiger partial charge in [-0.2, -0.15) is 0 Å². The fourth-order valence-corrected chi connectivity index (χ4v) is 4.92. The highest BCUT2D eigenvalue weighted by Gasteiger charge is 2.53. The van der Waals surface area contributed by atoms with Crippen molar-refractivity contribution >= 4 is 5.69 Å². The average molecular weight is 626 g/mol. The van der Waals surface area contributed by atoms with Crippen LogP contribution < -0.4 is 4.74 Å². The Labute approximate surface area is 242 Å². The highest BCUT2D eigenvalue weighted by atomic mass is 16.8. The lowest BCUT2D eigenvalue weighted by molar-refractivity contribution is -0.384. The number of rotatable bonds is 10. The third-order valence-corrected chi connectivity index (χ3v) is 7.37. The molecular formula is C24H35NO18. The summed E-state index contributed by atoms with van der Waals surface area (Å²) in [6, 6.07) is 4.72. The fraction of sp³-hybridized carbons (Fsp3) is 0.750. The largest absolute Gasteiger partial charge is 0.462 e. The molecule has 0 aliphatic carbocycles. The summed E-state index contributed by atoms with van der Waals surface area (Å²) in [5.74, 6) is 0.0308. The van der Waals surface area contributed by atoms with Gasteiger partial charge in [-0.15, -0.1) is 0 Å². The van der Waals surface area contributed by atoms with Gasteiger partial charge in [0.15, 0.2) is 12.6 Å². The van der Waals surface area contributed by atoms with Crippen LogP contribution in [-0.4, -0.2) is 168 Å². The summed E-state index contributed by atoms with van der Waals surface area (Å²) in [5.41, 5.74) is -0.227. The third-order valence-electron chi connectivity index (χ3n) is 7.37. The summed E-state index contributed by atoms with van der Waals surface area (Å²) in [5, 5.41) is 113. The number of benzene rings is 1. The molecule has 0 aromatic heterocycles. The van der Waals surface area contributed by atoms with Crippen LogP contribution in [-0.2, 0) is 23.7 Å². The molecule has 3 fully saturated rings. The van der Waals surface area contributed by atoms with Gasteiger partial charge in [0.1, 0.15) is 79.0 Å². The van der Waals surface area contributed by atoms with Crippen LogP contribution in [0, 0.1) is 10.1 Å². The standard InChI is InChI=1S/C24H35NO18/c26-5-10-13(29)14(30)17(33)23(39-10)42-21-12(7-28)41-24(19(35)16(21)32)43-20-11(6-27)40-22(18(34)15(20)31)38-9-3-1-8(2-4-9)25(36)37/h1-4,10-24,26-35H,5-7H2/t10?,11?,12?,13-,14+,15-,16-,17?,18?,19?,20-,21-,22-,23-,24-/m1/s1. The molecule has 15 atom stereocenters. The second-order valence-corrected chi connectivity index (χ2v) is 10.2. The van der Waals surface area contributed by atoms with Crippen LogP contribution in [0.4, 0.5) is 5.69 Å². The Hall–Kier alpha value is -2.18. The molecule has 0 saturated carbocycles. The molecule has 43 heavy (non-hydrogen) atoms. The van der Waals surface area contributed by atoms with E-state index in [1.165, 1.54) is 12.1 Å². The zero-order chi connectivity index (χ0) is 31.6. The van der Waals surface area contributed by atoms with Crippen molar-refractivity contribution in [1.82, 2.24) is 0 Å². The molecule has 10 N–H and O–H groups in total. The van der Waals surface area contributed by atoms with Gasteiger partial charge in [-0.3, -0.25) is 10.1 Å². The molecular weight excluding hydrogens is 590 g/mol. The smallest absolute Gasteiger partial charge is 0.269 e. The molecule has 3 heterocycles. The number of aliphatic hydroxyl groups is 10. The maximum absolute atomic E-state index is 10.8. The van der Waals surface area contributed by atoms with Crippen LogP contribution >= 0.6 is 0 Å². The first-order valence-corrected chi connectivity index (χ1v) is 13.2. The van der Waals surface area contributed by atoms with Gasteiger partial charge in [0.2, 0.25) is 6.29 Å². The van der Waals surface area contributed by atoms with Gasteiger partial charge in [-0.05, 0) is 12.1 Å². The maximum atomic E-state index is 10.8. The van der Waals surface area contributed by atoms with Crippen molar-refractivity contribution in [2.45, 2.75) is 92.1 Å². The van der Waals surface area contributed by atoms with Crippen molar-refractivity contribution in [3.63, 3.8) is 0 Å². The summed E-state index contributed by atoms with van der Waals surface area (Å²) in [6.07, 6.45) is -25.4. The molecule has 3 saturated heterocycles. The highest BCUT2D eigenvalue weighted by molar-refractivity contribution is 5.36. The van der Waals surface area contributed by atoms with Gasteiger partial charge in [0, 0.05) is 12.1 Å². The molecule has 0 bridgehead atoms. The molecule has 1 aromatic carbocycles. The molecule has 3 aliphatic rings. The first kappa shape index (κ1) is 33.7. The van der Waals surface area contributed by atoms with Gasteiger partial charge in [0.05, 0.1) is 24.7 Å². The van der Waals surface area contributed by atoms with E-state index in [4.69, 9.17) is 28.4 Å². The molecule has 19 nitrogen and oxygen atoms in total. The Morgan fingerprint density at radius 3 is 1.49 bits per heavy atom. The Kier molecular flexibility index (Phi) is 11.2. The quantitative estimate of drug-likeness (QED) is 0.0856. The summed E-state index contributed by atoms with van der Waals surface area (Å²) < 4.78 is 32.8. The molecule has 1 aromatic rings. The molecule has 4 rings (SSSR count). The second kappa shape index (κ2) is 14.3. The fourth-order valence-electron chi connectivity index (χ4n) is 4.92. The van der Waals surface area contributed by atoms with Crippen LogP contribution in [0.25, 0.3) is 0 Å². The molecule has 0 amide bonds. The lowest BCUT2D eigenvalue weighted by Gasteiger charge is -2.48. The van der Waals surface area contributed by atoms with Gasteiger partial charge >= 0.3 is 0 Å². The number of nitrogens with zero attached hydrogens (tertiary/aromatic N) is 1. The van der Waals surface area contributed by atoms with Crippen molar-refractivity contribution in [2.24, 2.45) is 0 Å². The summed E-state index contributed by atoms with van der Waals surface area (Å²) >= 11 is 0. The van der Waals surface area contributed by atoms with E-state index in [1.54, 1.807) is 0 Å². The van der Waals surface area contributed by atoms with E-state index in [9.17, 15) is 61.2 Å². The third kappa shape index (κ3) is 7.06. The number of nitro groups is 1. The first-order chi connectivity index (χ1) is 20.4. The van der Waals surface area contributed by atoms with E-state index in [1.807, 2.05) is 0 Å². The molecule has 19 heteroatoms. The first-order valence-electron chi connectivity index (χ1n) is 13.2. The minimum absolute atomic E-state index is 0.0308. The number of hydrogen-bond acceptors (Lipinski definition) is 18. The number of nitro benzene ring substituents is 1. The Morgan fingerprint density at radius 2 is 1.02 bits per heavy atom. The topological polar surface area (TPSA) is 301 Å². The van der Waals surface area contributed by atoms with Gasteiger partial charge in [-0.25, -0.2) is 0 Å². The van der Waals surface area contributed by atoms with Crippen LogP contribution in [0.5, 0.6) is 5.75 Å². The Morgan fingerprint density at radius 1 is 0.605 bits per heavy atom. The van der Waals surface area contributed by atoms with E-state index in [2.05, 4.69) is 0 Å². The zero-order valence-electron chi connectivity index (χ0n) is 22.3. The van der Waals surface area contributed by atoms with Crippen molar-refractivity contribution in [3.8, 4) is 5.75 Å². The van der Waals surface area contributed by atoms with Crippen molar-refractivity contribution < 1.29 is 84.4 Å². The van der Waals surface area contributed by atoms with Crippen molar-refractivity contribution in [3.05, 3.63) is 34.4 Å². The molecule has 0 radical (unpaired) electrons. The van der Waals surface area contributed by atoms with Gasteiger partial charge in [0.25, 0.3) is 5.69 Å². The lowest BCUT2D eigenvalue weighted by Crippen LogP contribution is -2.66. The van der Waals surface area contributed by atoms with Crippen LogP contribution in [0.15, 0.2) is 24.3 Å². The Bertz CT molecular complexity index is 1040. The summed E-state index contributed by atoms with van der Waals surface area (Å²) in [6.45, 7) is -2.42.